The van der Waals surface area contributed by atoms with Crippen LogP contribution in [0.25, 0.3) is 0 Å². The number of hydrogen-bond acceptors (Lipinski definition) is 2. The summed E-state index contributed by atoms with van der Waals surface area (Å²) in [6.07, 6.45) is 2.91. The lowest BCUT2D eigenvalue weighted by atomic mass is 10.1. The number of carbonyl (C=O) groups is 1. The third-order valence-corrected chi connectivity index (χ3v) is 3.36. The van der Waals surface area contributed by atoms with E-state index in [0.717, 1.165) is 17.7 Å². The average Bonchev–Trinajstić information content (AvgIpc) is 2.43. The Morgan fingerprint density at radius 1 is 1.24 bits per heavy atom. The number of halogens is 2. The fraction of sp³-hybridized carbons (Fsp3) is 0.438. The van der Waals surface area contributed by atoms with Gasteiger partial charge in [0, 0.05) is 38.1 Å². The average molecular weight is 295 g/mol. The third kappa shape index (κ3) is 4.28. The zero-order valence-electron chi connectivity index (χ0n) is 12.2. The first kappa shape index (κ1) is 15.5. The number of likely N-dealkylation sites (tertiary alicyclic amines) is 1. The SMILES string of the molecule is CC(C)=CC(=O)N1CCC(Oc2ccc(F)c(F)c2)CC1. The summed E-state index contributed by atoms with van der Waals surface area (Å²) in [4.78, 5) is 13.6. The molecule has 1 aliphatic heterocycles. The summed E-state index contributed by atoms with van der Waals surface area (Å²) in [7, 11) is 0. The Hall–Kier alpha value is -1.91. The normalized spacial score (nSPS) is 15.7. The van der Waals surface area contributed by atoms with Gasteiger partial charge in [-0.3, -0.25) is 4.79 Å². The summed E-state index contributed by atoms with van der Waals surface area (Å²) in [5.74, 6) is -1.46. The molecule has 21 heavy (non-hydrogen) atoms. The molecule has 0 radical (unpaired) electrons. The monoisotopic (exact) mass is 295 g/mol. The lowest BCUT2D eigenvalue weighted by Gasteiger charge is -2.31. The van der Waals surface area contributed by atoms with Crippen molar-refractivity contribution in [3.05, 3.63) is 41.5 Å². The van der Waals surface area contributed by atoms with Crippen molar-refractivity contribution in [2.45, 2.75) is 32.8 Å². The van der Waals surface area contributed by atoms with Crippen LogP contribution < -0.4 is 4.74 Å². The molecule has 1 aromatic rings. The molecule has 5 heteroatoms. The van der Waals surface area contributed by atoms with Gasteiger partial charge in [0.15, 0.2) is 11.6 Å². The number of benzene rings is 1. The van der Waals surface area contributed by atoms with Crippen molar-refractivity contribution in [1.29, 1.82) is 0 Å². The van der Waals surface area contributed by atoms with Crippen LogP contribution in [0.2, 0.25) is 0 Å². The van der Waals surface area contributed by atoms with E-state index in [4.69, 9.17) is 4.74 Å². The molecule has 0 unspecified atom stereocenters. The highest BCUT2D eigenvalue weighted by Gasteiger charge is 2.23. The van der Waals surface area contributed by atoms with E-state index in [0.29, 0.717) is 31.7 Å². The molecule has 0 N–H and O–H groups in total. The summed E-state index contributed by atoms with van der Waals surface area (Å²) in [5.41, 5.74) is 0.972. The molecule has 114 valence electrons. The van der Waals surface area contributed by atoms with Gasteiger partial charge in [-0.1, -0.05) is 5.57 Å². The largest absolute Gasteiger partial charge is 0.490 e. The van der Waals surface area contributed by atoms with Gasteiger partial charge in [-0.25, -0.2) is 8.78 Å². The minimum Gasteiger partial charge on any atom is -0.490 e. The van der Waals surface area contributed by atoms with Crippen LogP contribution in [0, 0.1) is 11.6 Å². The Morgan fingerprint density at radius 2 is 1.90 bits per heavy atom. The van der Waals surface area contributed by atoms with Crippen molar-refractivity contribution in [2.24, 2.45) is 0 Å². The molecule has 1 saturated heterocycles. The molecule has 0 spiro atoms. The van der Waals surface area contributed by atoms with E-state index in [9.17, 15) is 13.6 Å². The first-order valence-corrected chi connectivity index (χ1v) is 7.01. The van der Waals surface area contributed by atoms with E-state index < -0.39 is 11.6 Å². The first-order chi connectivity index (χ1) is 9.95. The van der Waals surface area contributed by atoms with Crippen molar-refractivity contribution in [1.82, 2.24) is 4.90 Å². The van der Waals surface area contributed by atoms with Gasteiger partial charge in [0.05, 0.1) is 0 Å². The van der Waals surface area contributed by atoms with Crippen molar-refractivity contribution < 1.29 is 18.3 Å². The topological polar surface area (TPSA) is 29.5 Å². The van der Waals surface area contributed by atoms with Gasteiger partial charge in [0.25, 0.3) is 0 Å². The highest BCUT2D eigenvalue weighted by atomic mass is 19.2. The number of allylic oxidation sites excluding steroid dienone is 1. The van der Waals surface area contributed by atoms with Crippen LogP contribution in [0.5, 0.6) is 5.75 Å². The molecule has 1 heterocycles. The number of nitrogens with zero attached hydrogens (tertiary/aromatic N) is 1. The van der Waals surface area contributed by atoms with E-state index in [1.54, 1.807) is 11.0 Å². The molecule has 1 amide bonds. The number of amides is 1. The van der Waals surface area contributed by atoms with E-state index in [-0.39, 0.29) is 12.0 Å². The fourth-order valence-corrected chi connectivity index (χ4v) is 2.27. The summed E-state index contributed by atoms with van der Waals surface area (Å²) < 4.78 is 31.6. The van der Waals surface area contributed by atoms with Crippen LogP contribution in [-0.2, 0) is 4.79 Å². The second-order valence-corrected chi connectivity index (χ2v) is 5.44. The number of ether oxygens (including phenoxy) is 1. The number of carbonyl (C=O) groups excluding carboxylic acids is 1. The predicted octanol–water partition coefficient (Wildman–Crippen LogP) is 3.30. The van der Waals surface area contributed by atoms with Gasteiger partial charge in [-0.2, -0.15) is 0 Å². The van der Waals surface area contributed by atoms with E-state index in [1.807, 2.05) is 13.8 Å². The highest BCUT2D eigenvalue weighted by molar-refractivity contribution is 5.88. The van der Waals surface area contributed by atoms with Gasteiger partial charge in [-0.05, 0) is 26.0 Å². The molecular weight excluding hydrogens is 276 g/mol. The van der Waals surface area contributed by atoms with Crippen molar-refractivity contribution in [2.75, 3.05) is 13.1 Å². The maximum Gasteiger partial charge on any atom is 0.246 e. The molecule has 0 aliphatic carbocycles. The fourth-order valence-electron chi connectivity index (χ4n) is 2.27. The summed E-state index contributed by atoms with van der Waals surface area (Å²) in [5, 5.41) is 0. The Kier molecular flexibility index (Phi) is 4.94. The molecule has 0 bridgehead atoms. The molecular formula is C16H19F2NO2. The molecule has 0 atom stereocenters. The predicted molar refractivity (Wildman–Crippen MR) is 76.0 cm³/mol. The van der Waals surface area contributed by atoms with Crippen LogP contribution >= 0.6 is 0 Å². The van der Waals surface area contributed by atoms with E-state index >= 15 is 0 Å². The molecule has 0 saturated carbocycles. The summed E-state index contributed by atoms with van der Waals surface area (Å²) in [6, 6.07) is 3.52. The molecule has 2 rings (SSSR count). The van der Waals surface area contributed by atoms with Crippen molar-refractivity contribution >= 4 is 5.91 Å². The maximum absolute atomic E-state index is 13.1. The van der Waals surface area contributed by atoms with Gasteiger partial charge in [0.1, 0.15) is 11.9 Å². The first-order valence-electron chi connectivity index (χ1n) is 7.01. The summed E-state index contributed by atoms with van der Waals surface area (Å²) in [6.45, 7) is 4.99. The standard InChI is InChI=1S/C16H19F2NO2/c1-11(2)9-16(20)19-7-5-12(6-8-19)21-13-3-4-14(17)15(18)10-13/h3-4,9-10,12H,5-8H2,1-2H3. The molecule has 3 nitrogen and oxygen atoms in total. The molecule has 0 aromatic heterocycles. The number of rotatable bonds is 3. The van der Waals surface area contributed by atoms with E-state index in [2.05, 4.69) is 0 Å². The zero-order valence-corrected chi connectivity index (χ0v) is 12.2. The zero-order chi connectivity index (χ0) is 15.4. The van der Waals surface area contributed by atoms with Gasteiger partial charge >= 0.3 is 0 Å². The Labute approximate surface area is 123 Å². The van der Waals surface area contributed by atoms with Gasteiger partial charge in [-0.15, -0.1) is 0 Å². The maximum atomic E-state index is 13.1. The van der Waals surface area contributed by atoms with Crippen molar-refractivity contribution in [3.63, 3.8) is 0 Å². The Bertz CT molecular complexity index is 545. The third-order valence-electron chi connectivity index (χ3n) is 3.36. The van der Waals surface area contributed by atoms with Gasteiger partial charge in [0.2, 0.25) is 5.91 Å². The lowest BCUT2D eigenvalue weighted by Crippen LogP contribution is -2.41. The summed E-state index contributed by atoms with van der Waals surface area (Å²) >= 11 is 0. The van der Waals surface area contributed by atoms with Crippen LogP contribution in [0.15, 0.2) is 29.8 Å². The van der Waals surface area contributed by atoms with Crippen molar-refractivity contribution in [3.8, 4) is 5.75 Å². The molecule has 1 fully saturated rings. The minimum absolute atomic E-state index is 0.0151. The van der Waals surface area contributed by atoms with E-state index in [1.165, 1.54) is 6.07 Å². The second kappa shape index (κ2) is 6.70. The highest BCUT2D eigenvalue weighted by Crippen LogP contribution is 2.21. The van der Waals surface area contributed by atoms with Gasteiger partial charge < -0.3 is 9.64 Å². The number of hydrogen-bond donors (Lipinski definition) is 0. The van der Waals surface area contributed by atoms with Crippen LogP contribution in [0.4, 0.5) is 8.78 Å². The van der Waals surface area contributed by atoms with Crippen LogP contribution in [0.1, 0.15) is 26.7 Å². The molecule has 1 aromatic carbocycles. The molecule has 1 aliphatic rings. The smallest absolute Gasteiger partial charge is 0.246 e. The minimum atomic E-state index is -0.913. The Balaban J connectivity index is 1.88. The lowest BCUT2D eigenvalue weighted by molar-refractivity contribution is -0.127. The second-order valence-electron chi connectivity index (χ2n) is 5.44. The number of piperidine rings is 1. The van der Waals surface area contributed by atoms with Crippen LogP contribution in [0.3, 0.4) is 0 Å². The Morgan fingerprint density at radius 3 is 2.48 bits per heavy atom. The van der Waals surface area contributed by atoms with Crippen LogP contribution in [-0.4, -0.2) is 30.0 Å². The quantitative estimate of drug-likeness (QED) is 0.801.